The highest BCUT2D eigenvalue weighted by Gasteiger charge is 2.16. The van der Waals surface area contributed by atoms with E-state index < -0.39 is 5.82 Å². The monoisotopic (exact) mass is 357 g/mol. The van der Waals surface area contributed by atoms with Crippen LogP contribution in [0.15, 0.2) is 18.5 Å². The average molecular weight is 357 g/mol. The molecule has 0 aromatic carbocycles. The minimum atomic E-state index is -0.487. The third-order valence-electron chi connectivity index (χ3n) is 3.67. The van der Waals surface area contributed by atoms with Crippen molar-refractivity contribution in [2.75, 3.05) is 10.6 Å². The van der Waals surface area contributed by atoms with E-state index in [-0.39, 0.29) is 12.6 Å². The quantitative estimate of drug-likeness (QED) is 0.528. The van der Waals surface area contributed by atoms with Gasteiger partial charge in [0.2, 0.25) is 0 Å². The van der Waals surface area contributed by atoms with Crippen LogP contribution in [0.2, 0.25) is 0 Å². The van der Waals surface area contributed by atoms with Crippen LogP contribution in [-0.4, -0.2) is 30.1 Å². The first kappa shape index (κ1) is 17.7. The van der Waals surface area contributed by atoms with E-state index in [2.05, 4.69) is 40.8 Å². The molecule has 0 radical (unpaired) electrons. The number of halogens is 1. The van der Waals surface area contributed by atoms with E-state index in [0.717, 1.165) is 18.1 Å². The number of anilines is 3. The molecule has 3 aromatic rings. The summed E-state index contributed by atoms with van der Waals surface area (Å²) in [5.41, 5.74) is 8.03. The first-order valence-corrected chi connectivity index (χ1v) is 8.07. The summed E-state index contributed by atoms with van der Waals surface area (Å²) >= 11 is 0. The lowest BCUT2D eigenvalue weighted by Gasteiger charge is -2.17. The van der Waals surface area contributed by atoms with Gasteiger partial charge in [0.1, 0.15) is 5.82 Å². The summed E-state index contributed by atoms with van der Waals surface area (Å²) in [5, 5.41) is 13.3. The van der Waals surface area contributed by atoms with Crippen molar-refractivity contribution in [2.24, 2.45) is 5.73 Å². The lowest BCUT2D eigenvalue weighted by molar-refractivity contribution is 0.604. The zero-order valence-corrected chi connectivity index (χ0v) is 14.7. The van der Waals surface area contributed by atoms with E-state index in [1.807, 2.05) is 26.8 Å². The van der Waals surface area contributed by atoms with E-state index in [1.54, 1.807) is 0 Å². The fourth-order valence-electron chi connectivity index (χ4n) is 2.36. The Morgan fingerprint density at radius 3 is 2.54 bits per heavy atom. The van der Waals surface area contributed by atoms with Crippen LogP contribution in [0, 0.1) is 19.7 Å². The number of nitrogens with one attached hydrogen (secondary N) is 3. The lowest BCUT2D eigenvalue weighted by Crippen LogP contribution is -2.16. The van der Waals surface area contributed by atoms with Crippen molar-refractivity contribution in [1.29, 1.82) is 0 Å². The Labute approximate surface area is 149 Å². The predicted octanol–water partition coefficient (Wildman–Crippen LogP) is 2.12. The molecule has 3 aromatic heterocycles. The minimum absolute atomic E-state index is 0.217. The summed E-state index contributed by atoms with van der Waals surface area (Å²) in [6.07, 6.45) is 2.25. The van der Waals surface area contributed by atoms with Gasteiger partial charge in [-0.3, -0.25) is 5.10 Å². The SMILES string of the molecule is Cc1cc(Nc2nc(NC(C)c3ncc(F)cn3)c(CN)nc2C)n[nH]1. The number of hydrogen-bond acceptors (Lipinski definition) is 8. The molecule has 0 fully saturated rings. The standard InChI is InChI=1S/C16H20FN9/c1-8-4-13(26-25-8)23-15-10(3)21-12(5-18)16(24-15)22-9(2)14-19-6-11(17)7-20-14/h4,6-7,9H,5,18H2,1-3H3,(H3,22,23,24,25,26). The van der Waals surface area contributed by atoms with Crippen molar-refractivity contribution < 1.29 is 4.39 Å². The van der Waals surface area contributed by atoms with Crippen LogP contribution in [0.4, 0.5) is 21.8 Å². The lowest BCUT2D eigenvalue weighted by atomic mass is 10.2. The largest absolute Gasteiger partial charge is 0.359 e. The maximum atomic E-state index is 13.0. The fourth-order valence-corrected chi connectivity index (χ4v) is 2.36. The Kier molecular flexibility index (Phi) is 5.03. The van der Waals surface area contributed by atoms with Gasteiger partial charge in [-0.25, -0.2) is 24.3 Å². The zero-order valence-electron chi connectivity index (χ0n) is 14.7. The topological polar surface area (TPSA) is 130 Å². The van der Waals surface area contributed by atoms with Crippen LogP contribution in [0.3, 0.4) is 0 Å². The molecule has 0 bridgehead atoms. The summed E-state index contributed by atoms with van der Waals surface area (Å²) in [7, 11) is 0. The molecule has 1 atom stereocenters. The van der Waals surface area contributed by atoms with Gasteiger partial charge in [0.05, 0.1) is 29.8 Å². The molecule has 3 heterocycles. The highest BCUT2D eigenvalue weighted by Crippen LogP contribution is 2.23. The molecule has 0 aliphatic heterocycles. The van der Waals surface area contributed by atoms with Crippen molar-refractivity contribution in [2.45, 2.75) is 33.4 Å². The summed E-state index contributed by atoms with van der Waals surface area (Å²) in [6.45, 7) is 5.81. The molecule has 1 unspecified atom stereocenters. The number of hydrogen-bond donors (Lipinski definition) is 4. The Hall–Kier alpha value is -3.14. The molecular formula is C16H20FN9. The third-order valence-corrected chi connectivity index (χ3v) is 3.67. The van der Waals surface area contributed by atoms with Crippen LogP contribution in [0.25, 0.3) is 0 Å². The van der Waals surface area contributed by atoms with E-state index in [9.17, 15) is 4.39 Å². The highest BCUT2D eigenvalue weighted by atomic mass is 19.1. The number of nitrogens with zero attached hydrogens (tertiary/aromatic N) is 5. The molecule has 136 valence electrons. The molecule has 26 heavy (non-hydrogen) atoms. The maximum absolute atomic E-state index is 13.0. The molecule has 3 rings (SSSR count). The van der Waals surface area contributed by atoms with Crippen LogP contribution < -0.4 is 16.4 Å². The van der Waals surface area contributed by atoms with Gasteiger partial charge in [-0.15, -0.1) is 0 Å². The molecule has 0 aliphatic carbocycles. The van der Waals surface area contributed by atoms with Gasteiger partial charge in [-0.05, 0) is 20.8 Å². The second-order valence-corrected chi connectivity index (χ2v) is 5.84. The molecule has 0 aliphatic rings. The van der Waals surface area contributed by atoms with Crippen molar-refractivity contribution in [3.63, 3.8) is 0 Å². The second kappa shape index (κ2) is 7.40. The van der Waals surface area contributed by atoms with Gasteiger partial charge < -0.3 is 16.4 Å². The molecule has 0 amide bonds. The molecule has 0 spiro atoms. The maximum Gasteiger partial charge on any atom is 0.159 e. The number of nitrogens with two attached hydrogens (primary N) is 1. The minimum Gasteiger partial charge on any atom is -0.359 e. The van der Waals surface area contributed by atoms with Gasteiger partial charge >= 0.3 is 0 Å². The molecule has 5 N–H and O–H groups in total. The van der Waals surface area contributed by atoms with Crippen molar-refractivity contribution in [3.8, 4) is 0 Å². The molecule has 9 nitrogen and oxygen atoms in total. The van der Waals surface area contributed by atoms with E-state index in [0.29, 0.717) is 34.7 Å². The molecule has 0 saturated carbocycles. The Morgan fingerprint density at radius 1 is 1.19 bits per heavy atom. The number of aryl methyl sites for hydroxylation is 2. The number of aromatic nitrogens is 6. The summed E-state index contributed by atoms with van der Waals surface area (Å²) in [4.78, 5) is 17.1. The third kappa shape index (κ3) is 3.91. The number of rotatable bonds is 6. The molecule has 10 heteroatoms. The van der Waals surface area contributed by atoms with Crippen molar-refractivity contribution >= 4 is 17.5 Å². The van der Waals surface area contributed by atoms with E-state index in [1.165, 1.54) is 0 Å². The predicted molar refractivity (Wildman–Crippen MR) is 95.3 cm³/mol. The Bertz CT molecular complexity index is 891. The highest BCUT2D eigenvalue weighted by molar-refractivity contribution is 5.58. The fraction of sp³-hybridized carbons (Fsp3) is 0.312. The normalized spacial score (nSPS) is 12.0. The average Bonchev–Trinajstić information content (AvgIpc) is 3.03. The molecular weight excluding hydrogens is 337 g/mol. The van der Waals surface area contributed by atoms with Gasteiger partial charge in [0.15, 0.2) is 23.3 Å². The Balaban J connectivity index is 1.87. The van der Waals surface area contributed by atoms with Crippen molar-refractivity contribution in [3.05, 3.63) is 47.2 Å². The smallest absolute Gasteiger partial charge is 0.159 e. The van der Waals surface area contributed by atoms with Gasteiger partial charge in [0.25, 0.3) is 0 Å². The van der Waals surface area contributed by atoms with Gasteiger partial charge in [-0.1, -0.05) is 0 Å². The number of aromatic amines is 1. The first-order valence-electron chi connectivity index (χ1n) is 8.07. The van der Waals surface area contributed by atoms with E-state index in [4.69, 9.17) is 5.73 Å². The van der Waals surface area contributed by atoms with Gasteiger partial charge in [-0.2, -0.15) is 5.10 Å². The van der Waals surface area contributed by atoms with Crippen LogP contribution in [-0.2, 0) is 6.54 Å². The van der Waals surface area contributed by atoms with Crippen molar-refractivity contribution in [1.82, 2.24) is 30.1 Å². The molecule has 0 saturated heterocycles. The van der Waals surface area contributed by atoms with Crippen LogP contribution in [0.5, 0.6) is 0 Å². The van der Waals surface area contributed by atoms with Gasteiger partial charge in [0, 0.05) is 18.3 Å². The zero-order chi connectivity index (χ0) is 18.7. The summed E-state index contributed by atoms with van der Waals surface area (Å²) < 4.78 is 13.0. The van der Waals surface area contributed by atoms with Crippen LogP contribution >= 0.6 is 0 Å². The van der Waals surface area contributed by atoms with E-state index >= 15 is 0 Å². The summed E-state index contributed by atoms with van der Waals surface area (Å²) in [5.74, 6) is 1.66. The Morgan fingerprint density at radius 2 is 1.92 bits per heavy atom. The second-order valence-electron chi connectivity index (χ2n) is 5.84. The van der Waals surface area contributed by atoms with Crippen LogP contribution in [0.1, 0.15) is 35.9 Å². The first-order chi connectivity index (χ1) is 12.5. The summed E-state index contributed by atoms with van der Waals surface area (Å²) in [6, 6.07) is 1.55. The number of H-pyrrole nitrogens is 1.